The first-order valence-electron chi connectivity index (χ1n) is 7.30. The number of morpholine rings is 1. The van der Waals surface area contributed by atoms with Gasteiger partial charge >= 0.3 is 0 Å². The third-order valence-electron chi connectivity index (χ3n) is 3.74. The Morgan fingerprint density at radius 1 is 1.45 bits per heavy atom. The monoisotopic (exact) mass is 306 g/mol. The van der Waals surface area contributed by atoms with Crippen molar-refractivity contribution < 1.29 is 14.2 Å². The number of aliphatic hydroxyl groups is 1. The summed E-state index contributed by atoms with van der Waals surface area (Å²) in [6.45, 7) is 3.15. The highest BCUT2D eigenvalue weighted by molar-refractivity contribution is 5.19. The molecule has 0 unspecified atom stereocenters. The van der Waals surface area contributed by atoms with E-state index in [1.54, 1.807) is 23.1 Å². The van der Waals surface area contributed by atoms with Crippen LogP contribution in [-0.4, -0.2) is 57.1 Å². The Morgan fingerprint density at radius 3 is 3.14 bits per heavy atom. The van der Waals surface area contributed by atoms with Gasteiger partial charge in [0, 0.05) is 19.6 Å². The third kappa shape index (κ3) is 3.88. The van der Waals surface area contributed by atoms with E-state index in [1.807, 2.05) is 0 Å². The first-order chi connectivity index (χ1) is 10.7. The molecule has 22 heavy (non-hydrogen) atoms. The molecule has 1 fully saturated rings. The number of rotatable bonds is 5. The molecule has 0 radical (unpaired) electrons. The van der Waals surface area contributed by atoms with Gasteiger partial charge in [-0.15, -0.1) is 0 Å². The molecule has 2 atom stereocenters. The van der Waals surface area contributed by atoms with E-state index in [4.69, 9.17) is 4.74 Å². The summed E-state index contributed by atoms with van der Waals surface area (Å²) in [5.74, 6) is -0.331. The van der Waals surface area contributed by atoms with Crippen LogP contribution in [0.15, 0.2) is 36.9 Å². The molecular formula is C15H19FN4O2. The second-order valence-corrected chi connectivity index (χ2v) is 5.44. The van der Waals surface area contributed by atoms with Gasteiger partial charge in [0.05, 0.1) is 25.4 Å². The van der Waals surface area contributed by atoms with E-state index >= 15 is 0 Å². The second-order valence-electron chi connectivity index (χ2n) is 5.44. The smallest absolute Gasteiger partial charge is 0.137 e. The molecule has 1 saturated heterocycles. The van der Waals surface area contributed by atoms with E-state index in [0.29, 0.717) is 31.8 Å². The predicted octanol–water partition coefficient (Wildman–Crippen LogP) is 0.852. The molecule has 7 heteroatoms. The van der Waals surface area contributed by atoms with Crippen molar-refractivity contribution >= 4 is 0 Å². The minimum atomic E-state index is -0.708. The molecule has 2 heterocycles. The van der Waals surface area contributed by atoms with Gasteiger partial charge in [0.1, 0.15) is 18.5 Å². The maximum atomic E-state index is 13.2. The molecular weight excluding hydrogens is 287 g/mol. The summed E-state index contributed by atoms with van der Waals surface area (Å²) in [7, 11) is 0. The van der Waals surface area contributed by atoms with Crippen LogP contribution in [-0.2, 0) is 11.3 Å². The van der Waals surface area contributed by atoms with Crippen LogP contribution < -0.4 is 0 Å². The van der Waals surface area contributed by atoms with E-state index in [1.165, 1.54) is 18.5 Å². The fourth-order valence-corrected chi connectivity index (χ4v) is 2.66. The summed E-state index contributed by atoms with van der Waals surface area (Å²) in [6.07, 6.45) is 2.45. The van der Waals surface area contributed by atoms with Crippen molar-refractivity contribution in [2.75, 3.05) is 26.2 Å². The number of halogens is 1. The predicted molar refractivity (Wildman–Crippen MR) is 77.6 cm³/mol. The summed E-state index contributed by atoms with van der Waals surface area (Å²) in [5, 5.41) is 14.3. The molecule has 1 aromatic carbocycles. The number of aliphatic hydroxyl groups excluding tert-OH is 1. The molecule has 0 bridgehead atoms. The van der Waals surface area contributed by atoms with Crippen LogP contribution in [0.2, 0.25) is 0 Å². The van der Waals surface area contributed by atoms with Gasteiger partial charge in [0.2, 0.25) is 0 Å². The molecule has 1 N–H and O–H groups in total. The zero-order chi connectivity index (χ0) is 15.4. The van der Waals surface area contributed by atoms with E-state index in [9.17, 15) is 9.50 Å². The van der Waals surface area contributed by atoms with Crippen molar-refractivity contribution in [3.63, 3.8) is 0 Å². The Labute approximate surface area is 128 Å². The summed E-state index contributed by atoms with van der Waals surface area (Å²) < 4.78 is 20.7. The highest BCUT2D eigenvalue weighted by atomic mass is 19.1. The first-order valence-corrected chi connectivity index (χ1v) is 7.30. The number of ether oxygens (including phenoxy) is 1. The minimum absolute atomic E-state index is 0.00941. The zero-order valence-corrected chi connectivity index (χ0v) is 12.2. The van der Waals surface area contributed by atoms with Gasteiger partial charge in [-0.1, -0.05) is 12.1 Å². The number of nitrogens with zero attached hydrogens (tertiary/aromatic N) is 4. The van der Waals surface area contributed by atoms with Crippen LogP contribution in [0.25, 0.3) is 0 Å². The third-order valence-corrected chi connectivity index (χ3v) is 3.74. The van der Waals surface area contributed by atoms with Crippen LogP contribution in [0.4, 0.5) is 4.39 Å². The molecule has 0 amide bonds. The number of benzene rings is 1. The molecule has 0 spiro atoms. The first kappa shape index (κ1) is 15.1. The molecule has 118 valence electrons. The Kier molecular flexibility index (Phi) is 4.77. The average molecular weight is 306 g/mol. The normalized spacial score (nSPS) is 20.9. The maximum absolute atomic E-state index is 13.2. The Hall–Kier alpha value is -1.83. The van der Waals surface area contributed by atoms with Crippen molar-refractivity contribution in [3.05, 3.63) is 48.3 Å². The van der Waals surface area contributed by atoms with Crippen molar-refractivity contribution in [1.29, 1.82) is 0 Å². The number of hydrogen-bond acceptors (Lipinski definition) is 5. The van der Waals surface area contributed by atoms with Crippen LogP contribution in [0, 0.1) is 5.82 Å². The lowest BCUT2D eigenvalue weighted by Crippen LogP contribution is -2.45. The van der Waals surface area contributed by atoms with Crippen molar-refractivity contribution in [1.82, 2.24) is 19.7 Å². The fraction of sp³-hybridized carbons (Fsp3) is 0.467. The maximum Gasteiger partial charge on any atom is 0.137 e. The lowest BCUT2D eigenvalue weighted by Gasteiger charge is -2.34. The Morgan fingerprint density at radius 2 is 2.36 bits per heavy atom. The molecule has 6 nitrogen and oxygen atoms in total. The molecule has 2 aromatic rings. The molecule has 0 saturated carbocycles. The highest BCUT2D eigenvalue weighted by Gasteiger charge is 2.23. The van der Waals surface area contributed by atoms with Crippen molar-refractivity contribution in [2.24, 2.45) is 0 Å². The number of aromatic nitrogens is 3. The Balaban J connectivity index is 1.55. The SMILES string of the molecule is O[C@@H](CN1CCO[C@H](Cn2cncn2)C1)c1cccc(F)c1. The van der Waals surface area contributed by atoms with Gasteiger partial charge < -0.3 is 9.84 Å². The number of β-amino-alcohol motifs (C(OH)–C–C–N with tert-alkyl or cyclic N) is 1. The standard InChI is InChI=1S/C15H19FN4O2/c16-13-3-1-2-12(6-13)15(21)9-19-4-5-22-14(7-19)8-20-11-17-10-18-20/h1-3,6,10-11,14-15,21H,4-5,7-9H2/t14-,15-/m0/s1. The quantitative estimate of drug-likeness (QED) is 0.887. The average Bonchev–Trinajstić information content (AvgIpc) is 3.00. The van der Waals surface area contributed by atoms with E-state index in [0.717, 1.165) is 6.54 Å². The van der Waals surface area contributed by atoms with E-state index in [2.05, 4.69) is 15.0 Å². The van der Waals surface area contributed by atoms with Gasteiger partial charge in [-0.3, -0.25) is 9.58 Å². The lowest BCUT2D eigenvalue weighted by atomic mass is 10.1. The summed E-state index contributed by atoms with van der Waals surface area (Å²) in [5.41, 5.74) is 0.597. The molecule has 0 aliphatic carbocycles. The van der Waals surface area contributed by atoms with Crippen molar-refractivity contribution in [2.45, 2.75) is 18.8 Å². The molecule has 1 aliphatic rings. The van der Waals surface area contributed by atoms with Gasteiger partial charge in [-0.2, -0.15) is 5.10 Å². The van der Waals surface area contributed by atoms with Crippen molar-refractivity contribution in [3.8, 4) is 0 Å². The van der Waals surface area contributed by atoms with E-state index < -0.39 is 6.10 Å². The largest absolute Gasteiger partial charge is 0.387 e. The second kappa shape index (κ2) is 6.95. The van der Waals surface area contributed by atoms with E-state index in [-0.39, 0.29) is 11.9 Å². The van der Waals surface area contributed by atoms with Gasteiger partial charge in [0.15, 0.2) is 0 Å². The van der Waals surface area contributed by atoms with Crippen LogP contribution >= 0.6 is 0 Å². The summed E-state index contributed by atoms with van der Waals surface area (Å²) in [6, 6.07) is 6.10. The summed E-state index contributed by atoms with van der Waals surface area (Å²) in [4.78, 5) is 6.04. The molecule has 1 aliphatic heterocycles. The van der Waals surface area contributed by atoms with Crippen LogP contribution in [0.5, 0.6) is 0 Å². The zero-order valence-electron chi connectivity index (χ0n) is 12.2. The Bertz CT molecular complexity index is 593. The fourth-order valence-electron chi connectivity index (χ4n) is 2.66. The van der Waals surface area contributed by atoms with Gasteiger partial charge in [0.25, 0.3) is 0 Å². The number of hydrogen-bond donors (Lipinski definition) is 1. The van der Waals surface area contributed by atoms with Gasteiger partial charge in [-0.05, 0) is 17.7 Å². The highest BCUT2D eigenvalue weighted by Crippen LogP contribution is 2.17. The minimum Gasteiger partial charge on any atom is -0.387 e. The topological polar surface area (TPSA) is 63.4 Å². The molecule has 3 rings (SSSR count). The van der Waals surface area contributed by atoms with Gasteiger partial charge in [-0.25, -0.2) is 9.37 Å². The van der Waals surface area contributed by atoms with Crippen LogP contribution in [0.1, 0.15) is 11.7 Å². The molecule has 1 aromatic heterocycles. The summed E-state index contributed by atoms with van der Waals surface area (Å²) >= 11 is 0. The lowest BCUT2D eigenvalue weighted by molar-refractivity contribution is -0.0487. The van der Waals surface area contributed by atoms with Crippen LogP contribution in [0.3, 0.4) is 0 Å².